The van der Waals surface area contributed by atoms with Crippen LogP contribution in [0, 0.1) is 12.7 Å². The Hall–Kier alpha value is -4.17. The van der Waals surface area contributed by atoms with Gasteiger partial charge in [-0.25, -0.2) is 14.4 Å². The average molecular weight is 630 g/mol. The zero-order valence-corrected chi connectivity index (χ0v) is 29.5. The molecule has 1 saturated heterocycles. The highest BCUT2D eigenvalue weighted by atomic mass is 19.1. The van der Waals surface area contributed by atoms with Crippen LogP contribution in [0.2, 0.25) is 0 Å². The van der Waals surface area contributed by atoms with Gasteiger partial charge in [0, 0.05) is 57.4 Å². The molecule has 0 radical (unpaired) electrons. The molecule has 0 unspecified atom stereocenters. The number of amidine groups is 1. The summed E-state index contributed by atoms with van der Waals surface area (Å²) in [4.78, 5) is 16.5. The van der Waals surface area contributed by atoms with Gasteiger partial charge in [-0.05, 0) is 93.3 Å². The first-order valence-corrected chi connectivity index (χ1v) is 16.6. The number of hydrogen-bond acceptors (Lipinski definition) is 6. The van der Waals surface area contributed by atoms with Gasteiger partial charge in [0.25, 0.3) is 0 Å². The van der Waals surface area contributed by atoms with E-state index in [1.54, 1.807) is 18.5 Å². The molecule has 7 nitrogen and oxygen atoms in total. The molecular weight excluding hydrogens is 573 g/mol. The molecule has 2 aliphatic rings. The number of allylic oxidation sites excluding steroid dienone is 2. The van der Waals surface area contributed by atoms with Crippen molar-refractivity contribution >= 4 is 23.5 Å². The Morgan fingerprint density at radius 1 is 1.04 bits per heavy atom. The Balaban J connectivity index is 0.00000177. The lowest BCUT2D eigenvalue weighted by Gasteiger charge is -2.33. The van der Waals surface area contributed by atoms with Gasteiger partial charge in [-0.1, -0.05) is 59.1 Å². The summed E-state index contributed by atoms with van der Waals surface area (Å²) >= 11 is 0. The van der Waals surface area contributed by atoms with Crippen LogP contribution in [0.25, 0.3) is 0 Å². The van der Waals surface area contributed by atoms with E-state index in [1.807, 2.05) is 78.0 Å². The molecule has 0 bridgehead atoms. The molecule has 2 heterocycles. The number of nitrogens with zero attached hydrogens (tertiary/aromatic N) is 6. The van der Waals surface area contributed by atoms with E-state index in [4.69, 9.17) is 4.99 Å². The van der Waals surface area contributed by atoms with Crippen LogP contribution in [0.15, 0.2) is 101 Å². The number of rotatable bonds is 9. The maximum absolute atomic E-state index is 13.7. The second-order valence-corrected chi connectivity index (χ2v) is 10.9. The highest BCUT2D eigenvalue weighted by Crippen LogP contribution is 2.27. The monoisotopic (exact) mass is 629 g/mol. The first kappa shape index (κ1) is 38.0. The highest BCUT2D eigenvalue weighted by Gasteiger charge is 2.19. The number of hydrazine groups is 1. The third-order valence-electron chi connectivity index (χ3n) is 7.56. The lowest BCUT2D eigenvalue weighted by molar-refractivity contribution is 0.214. The van der Waals surface area contributed by atoms with Gasteiger partial charge in [-0.15, -0.1) is 0 Å². The summed E-state index contributed by atoms with van der Waals surface area (Å²) in [5, 5.41) is 1.96. The SMILES string of the molecule is C=C(C)C(=C)N1CCCCN(C/C=C2\C(=Nc3ccc(N(C)Cc4cccc(F)c4)c(C)c3)N=CNN2/C=C\C)CC1.CC.CC. The van der Waals surface area contributed by atoms with Crippen LogP contribution >= 0.6 is 0 Å². The van der Waals surface area contributed by atoms with Crippen molar-refractivity contribution in [3.63, 3.8) is 0 Å². The molecular formula is C38H56FN7. The highest BCUT2D eigenvalue weighted by molar-refractivity contribution is 6.05. The van der Waals surface area contributed by atoms with E-state index in [9.17, 15) is 4.39 Å². The van der Waals surface area contributed by atoms with Gasteiger partial charge in [0.05, 0.1) is 5.69 Å². The maximum Gasteiger partial charge on any atom is 0.179 e. The van der Waals surface area contributed by atoms with Crippen molar-refractivity contribution in [3.8, 4) is 0 Å². The molecule has 2 aliphatic heterocycles. The van der Waals surface area contributed by atoms with E-state index in [0.717, 1.165) is 85.0 Å². The Morgan fingerprint density at radius 3 is 2.46 bits per heavy atom. The number of hydrogen-bond donors (Lipinski definition) is 1. The zero-order valence-electron chi connectivity index (χ0n) is 29.5. The topological polar surface area (TPSA) is 49.7 Å². The number of aryl methyl sites for hydroxylation is 1. The Morgan fingerprint density at radius 2 is 1.78 bits per heavy atom. The van der Waals surface area contributed by atoms with Crippen molar-refractivity contribution in [2.45, 2.75) is 67.9 Å². The van der Waals surface area contributed by atoms with E-state index < -0.39 is 0 Å². The first-order chi connectivity index (χ1) is 22.2. The van der Waals surface area contributed by atoms with Crippen LogP contribution in [0.5, 0.6) is 0 Å². The molecule has 1 fully saturated rings. The van der Waals surface area contributed by atoms with Gasteiger partial charge < -0.3 is 9.80 Å². The fourth-order valence-corrected chi connectivity index (χ4v) is 5.26. The van der Waals surface area contributed by atoms with E-state index in [2.05, 4.69) is 63.4 Å². The van der Waals surface area contributed by atoms with Crippen molar-refractivity contribution in [2.75, 3.05) is 44.7 Å². The Bertz CT molecular complexity index is 1390. The van der Waals surface area contributed by atoms with Gasteiger partial charge in [0.1, 0.15) is 17.9 Å². The standard InChI is InChI=1S/C34H44FN7.2C2H6/c1-7-16-42-33(15-19-40-17-8-9-18-41(21-20-40)28(5)26(2)3)34(36-25-37-42)38-31-13-14-32(27(4)22-31)39(6)24-29-11-10-12-30(35)23-29;2*1-2/h7,10-16,22-23,25H,2,5,8-9,17-21,24H2,1,3-4,6H3,(H,36,37,38);2*1-2H3/b16-7-,33-15+;;. The molecule has 250 valence electrons. The van der Waals surface area contributed by atoms with Crippen LogP contribution in [-0.4, -0.2) is 66.8 Å². The van der Waals surface area contributed by atoms with Gasteiger partial charge in [0.2, 0.25) is 0 Å². The molecule has 8 heteroatoms. The molecule has 2 aromatic carbocycles. The molecule has 2 aromatic rings. The molecule has 0 saturated carbocycles. The second kappa shape index (κ2) is 20.1. The predicted molar refractivity (Wildman–Crippen MR) is 197 cm³/mol. The number of benzene rings is 2. The van der Waals surface area contributed by atoms with Crippen molar-refractivity contribution in [3.05, 3.63) is 108 Å². The van der Waals surface area contributed by atoms with E-state index in [-0.39, 0.29) is 5.82 Å². The minimum Gasteiger partial charge on any atom is -0.371 e. The van der Waals surface area contributed by atoms with E-state index >= 15 is 0 Å². The van der Waals surface area contributed by atoms with Crippen LogP contribution in [-0.2, 0) is 6.54 Å². The molecule has 0 spiro atoms. The summed E-state index contributed by atoms with van der Waals surface area (Å²) < 4.78 is 13.7. The second-order valence-electron chi connectivity index (χ2n) is 10.9. The predicted octanol–water partition coefficient (Wildman–Crippen LogP) is 8.61. The number of aliphatic imine (C=N–C) groups is 2. The maximum atomic E-state index is 13.7. The minimum absolute atomic E-state index is 0.218. The average Bonchev–Trinajstić information content (AvgIpc) is 3.03. The quantitative estimate of drug-likeness (QED) is 0.282. The summed E-state index contributed by atoms with van der Waals surface area (Å²) in [7, 11) is 2.02. The fourth-order valence-electron chi connectivity index (χ4n) is 5.26. The molecule has 0 atom stereocenters. The fraction of sp³-hybridized carbons (Fsp3) is 0.421. The smallest absolute Gasteiger partial charge is 0.179 e. The molecule has 0 aromatic heterocycles. The van der Waals surface area contributed by atoms with Crippen molar-refractivity contribution < 1.29 is 4.39 Å². The van der Waals surface area contributed by atoms with Crippen LogP contribution in [0.4, 0.5) is 15.8 Å². The van der Waals surface area contributed by atoms with Gasteiger partial charge >= 0.3 is 0 Å². The van der Waals surface area contributed by atoms with Crippen LogP contribution < -0.4 is 10.3 Å². The number of anilines is 1. The molecule has 1 N–H and O–H groups in total. The Labute approximate surface area is 278 Å². The van der Waals surface area contributed by atoms with Gasteiger partial charge in [-0.3, -0.25) is 15.3 Å². The summed E-state index contributed by atoms with van der Waals surface area (Å²) in [6.45, 7) is 27.8. The van der Waals surface area contributed by atoms with E-state index in [1.165, 1.54) is 6.07 Å². The van der Waals surface area contributed by atoms with Gasteiger partial charge in [0.15, 0.2) is 5.84 Å². The lowest BCUT2D eigenvalue weighted by atomic mass is 10.1. The molecule has 46 heavy (non-hydrogen) atoms. The summed E-state index contributed by atoms with van der Waals surface area (Å²) in [5.74, 6) is 0.431. The van der Waals surface area contributed by atoms with Gasteiger partial charge in [-0.2, -0.15) is 0 Å². The van der Waals surface area contributed by atoms with Crippen molar-refractivity contribution in [2.24, 2.45) is 9.98 Å². The molecule has 4 rings (SSSR count). The first-order valence-electron chi connectivity index (χ1n) is 16.6. The van der Waals surface area contributed by atoms with Crippen LogP contribution in [0.3, 0.4) is 0 Å². The molecule has 0 amide bonds. The normalized spacial score (nSPS) is 17.0. The van der Waals surface area contributed by atoms with E-state index in [0.29, 0.717) is 12.4 Å². The summed E-state index contributed by atoms with van der Waals surface area (Å²) in [6.07, 6.45) is 10.1. The zero-order chi connectivity index (χ0) is 34.1. The van der Waals surface area contributed by atoms with Crippen molar-refractivity contribution in [1.29, 1.82) is 0 Å². The third kappa shape index (κ3) is 11.3. The Kier molecular flexibility index (Phi) is 16.6. The number of halogens is 1. The number of nitrogens with one attached hydrogen (secondary N) is 1. The van der Waals surface area contributed by atoms with Crippen LogP contribution in [0.1, 0.15) is 65.5 Å². The van der Waals surface area contributed by atoms with Crippen molar-refractivity contribution in [1.82, 2.24) is 20.2 Å². The summed E-state index contributed by atoms with van der Waals surface area (Å²) in [5.41, 5.74) is 10.1. The minimum atomic E-state index is -0.218. The largest absolute Gasteiger partial charge is 0.371 e. The lowest BCUT2D eigenvalue weighted by Crippen LogP contribution is -2.41. The third-order valence-corrected chi connectivity index (χ3v) is 7.56. The summed E-state index contributed by atoms with van der Waals surface area (Å²) in [6, 6.07) is 12.9. The molecule has 0 aliphatic carbocycles.